The molecule has 0 amide bonds. The third-order valence-corrected chi connectivity index (χ3v) is 19.2. The van der Waals surface area contributed by atoms with Gasteiger partial charge in [-0.3, -0.25) is 0 Å². The number of benzene rings is 8. The summed E-state index contributed by atoms with van der Waals surface area (Å²) in [5, 5.41) is 3.55. The van der Waals surface area contributed by atoms with Gasteiger partial charge in [0.2, 0.25) is 0 Å². The molecule has 5 heteroatoms. The average molecular weight is 981 g/mol. The van der Waals surface area contributed by atoms with Gasteiger partial charge >= 0.3 is 6.85 Å². The number of hydrogen-bond donors (Lipinski definition) is 0. The number of anilines is 5. The van der Waals surface area contributed by atoms with Gasteiger partial charge in [0.05, 0.1) is 5.69 Å². The monoisotopic (exact) mass is 980 g/mol. The lowest BCUT2D eigenvalue weighted by Crippen LogP contribution is -2.60. The van der Waals surface area contributed by atoms with E-state index in [2.05, 4.69) is 244 Å². The highest BCUT2D eigenvalue weighted by molar-refractivity contribution is 7.32. The Labute approximate surface area is 442 Å². The van der Waals surface area contributed by atoms with Gasteiger partial charge in [-0.05, 0) is 162 Å². The second kappa shape index (κ2) is 15.2. The Morgan fingerprint density at radius 2 is 1.12 bits per heavy atom. The topological polar surface area (TPSA) is 19.6 Å². The number of furan rings is 1. The van der Waals surface area contributed by atoms with Gasteiger partial charge in [-0.1, -0.05) is 168 Å². The maximum absolute atomic E-state index is 7.30. The molecule has 10 aromatic rings. The zero-order valence-electron chi connectivity index (χ0n) is 45.1. The molecule has 74 heavy (non-hydrogen) atoms. The van der Waals surface area contributed by atoms with Gasteiger partial charge in [0.25, 0.3) is 0 Å². The first-order valence-corrected chi connectivity index (χ1v) is 27.8. The van der Waals surface area contributed by atoms with Crippen LogP contribution >= 0.6 is 11.3 Å². The highest BCUT2D eigenvalue weighted by atomic mass is 32.1. The van der Waals surface area contributed by atoms with E-state index < -0.39 is 0 Å². The standard InChI is InChI=1S/C69H65BN2OS/c1-65(2,3)42-23-27-44(28-24-42)71-57-37-49-46-20-16-17-21-58(46)73-63(49)60-50-35-47-48-36-54-55(68(9,10)33-32-67(54,7)8)38-52(48)69(11,12)53(47)39-56(50)72(45-29-25-43(26-30-45)66(4,5)6)70(61(57)60)64-62(71)51-34-41(22-31-59(51)74-64)40-18-14-13-15-19-40/h13-31,34-39H,32-33H2,1-12H3. The minimum Gasteiger partial charge on any atom is -0.455 e. The van der Waals surface area contributed by atoms with Crippen molar-refractivity contribution >= 4 is 88.9 Å². The van der Waals surface area contributed by atoms with Crippen LogP contribution in [0.5, 0.6) is 0 Å². The summed E-state index contributed by atoms with van der Waals surface area (Å²) in [6.07, 6.45) is 2.37. The fourth-order valence-corrected chi connectivity index (χ4v) is 14.8. The molecule has 2 aliphatic heterocycles. The number of nitrogens with zero attached hydrogens (tertiary/aromatic N) is 2. The van der Waals surface area contributed by atoms with Gasteiger partial charge in [-0.15, -0.1) is 11.3 Å². The summed E-state index contributed by atoms with van der Waals surface area (Å²) < 4.78 is 9.91. The van der Waals surface area contributed by atoms with Crippen LogP contribution < -0.4 is 20.0 Å². The Kier molecular flexibility index (Phi) is 9.38. The van der Waals surface area contributed by atoms with Crippen molar-refractivity contribution in [2.45, 2.75) is 123 Å². The average Bonchev–Trinajstić information content (AvgIpc) is 4.02. The lowest BCUT2D eigenvalue weighted by molar-refractivity contribution is 0.331. The molecule has 366 valence electrons. The minimum absolute atomic E-state index is 0.00685. The van der Waals surface area contributed by atoms with Crippen molar-refractivity contribution in [3.8, 4) is 33.4 Å². The van der Waals surface area contributed by atoms with Gasteiger partial charge < -0.3 is 14.1 Å². The van der Waals surface area contributed by atoms with E-state index in [1.165, 1.54) is 123 Å². The first-order valence-electron chi connectivity index (χ1n) is 27.0. The van der Waals surface area contributed by atoms with Crippen LogP contribution in [0.15, 0.2) is 156 Å². The van der Waals surface area contributed by atoms with Crippen LogP contribution in [-0.2, 0) is 27.1 Å². The Balaban J connectivity index is 1.13. The molecule has 8 aromatic carbocycles. The highest BCUT2D eigenvalue weighted by Gasteiger charge is 2.50. The summed E-state index contributed by atoms with van der Waals surface area (Å²) in [6, 6.07) is 58.6. The van der Waals surface area contributed by atoms with Gasteiger partial charge in [-0.2, -0.15) is 0 Å². The molecule has 0 saturated heterocycles. The lowest BCUT2D eigenvalue weighted by Gasteiger charge is -2.45. The Hall–Kier alpha value is -6.82. The first-order chi connectivity index (χ1) is 35.2. The van der Waals surface area contributed by atoms with Crippen LogP contribution in [0.4, 0.5) is 28.4 Å². The molecular weight excluding hydrogens is 916 g/mol. The predicted molar refractivity (Wildman–Crippen MR) is 319 cm³/mol. The van der Waals surface area contributed by atoms with E-state index in [1.807, 2.05) is 11.3 Å². The molecule has 2 aromatic heterocycles. The predicted octanol–water partition coefficient (Wildman–Crippen LogP) is 18.4. The fourth-order valence-electron chi connectivity index (χ4n) is 13.6. The molecule has 2 aliphatic carbocycles. The van der Waals surface area contributed by atoms with Gasteiger partial charge in [-0.25, -0.2) is 0 Å². The normalized spacial score (nSPS) is 16.8. The van der Waals surface area contributed by atoms with E-state index in [0.29, 0.717) is 0 Å². The van der Waals surface area contributed by atoms with Crippen LogP contribution in [0.2, 0.25) is 0 Å². The number of hydrogen-bond acceptors (Lipinski definition) is 4. The Bertz CT molecular complexity index is 4000. The van der Waals surface area contributed by atoms with Crippen LogP contribution in [0.1, 0.15) is 129 Å². The van der Waals surface area contributed by atoms with Crippen LogP contribution in [0, 0.1) is 0 Å². The molecule has 0 radical (unpaired) electrons. The zero-order chi connectivity index (χ0) is 51.2. The highest BCUT2D eigenvalue weighted by Crippen LogP contribution is 2.59. The van der Waals surface area contributed by atoms with E-state index >= 15 is 0 Å². The molecule has 0 unspecified atom stereocenters. The molecule has 4 heterocycles. The summed E-state index contributed by atoms with van der Waals surface area (Å²) in [7, 11) is 0. The molecule has 0 bridgehead atoms. The van der Waals surface area contributed by atoms with Crippen molar-refractivity contribution in [1.82, 2.24) is 0 Å². The van der Waals surface area contributed by atoms with Crippen molar-refractivity contribution < 1.29 is 4.42 Å². The van der Waals surface area contributed by atoms with Crippen LogP contribution in [-0.4, -0.2) is 6.85 Å². The summed E-state index contributed by atoms with van der Waals surface area (Å²) in [5.74, 6) is 0. The second-order valence-electron chi connectivity index (χ2n) is 26.0. The van der Waals surface area contributed by atoms with Crippen molar-refractivity contribution in [2.75, 3.05) is 9.71 Å². The van der Waals surface area contributed by atoms with Crippen molar-refractivity contribution in [2.24, 2.45) is 0 Å². The van der Waals surface area contributed by atoms with Crippen molar-refractivity contribution in [1.29, 1.82) is 0 Å². The quantitative estimate of drug-likeness (QED) is 0.165. The minimum atomic E-state index is -0.232. The molecule has 4 aliphatic rings. The first kappa shape index (κ1) is 45.8. The summed E-state index contributed by atoms with van der Waals surface area (Å²) >= 11 is 1.95. The number of rotatable bonds is 3. The van der Waals surface area contributed by atoms with Gasteiger partial charge in [0.15, 0.2) is 0 Å². The summed E-state index contributed by atoms with van der Waals surface area (Å²) in [4.78, 5) is 5.35. The number of thiophene rings is 1. The van der Waals surface area contributed by atoms with Crippen LogP contribution in [0.25, 0.3) is 65.4 Å². The Morgan fingerprint density at radius 3 is 1.80 bits per heavy atom. The fraction of sp³-hybridized carbons (Fsp3) is 0.275. The number of para-hydroxylation sites is 1. The zero-order valence-corrected chi connectivity index (χ0v) is 46.0. The van der Waals surface area contributed by atoms with Gasteiger partial charge in [0.1, 0.15) is 11.2 Å². The van der Waals surface area contributed by atoms with E-state index in [4.69, 9.17) is 4.42 Å². The molecule has 0 atom stereocenters. The molecule has 14 rings (SSSR count). The second-order valence-corrected chi connectivity index (χ2v) is 27.1. The number of fused-ring (bicyclic) bond motifs is 14. The van der Waals surface area contributed by atoms with E-state index in [1.54, 1.807) is 0 Å². The smallest absolute Gasteiger partial charge is 0.343 e. The molecule has 3 nitrogen and oxygen atoms in total. The maximum Gasteiger partial charge on any atom is 0.343 e. The largest absolute Gasteiger partial charge is 0.455 e. The maximum atomic E-state index is 7.30. The van der Waals surface area contributed by atoms with Crippen molar-refractivity contribution in [3.05, 3.63) is 185 Å². The lowest BCUT2D eigenvalue weighted by atomic mass is 9.46. The Morgan fingerprint density at radius 1 is 0.514 bits per heavy atom. The van der Waals surface area contributed by atoms with E-state index in [0.717, 1.165) is 27.6 Å². The SMILES string of the molecule is CC(C)(C)c1ccc(N2B3c4sc5ccc(-c6ccccc6)cc5c4N(c4ccc(C(C)(C)C)cc4)c4cc5c(oc6ccccc65)c(c43)-c3cc4c(cc32)C(C)(C)c2cc3c(cc2-4)C(C)(C)CCC3(C)C)cc1. The van der Waals surface area contributed by atoms with E-state index in [9.17, 15) is 0 Å². The molecule has 0 saturated carbocycles. The molecular formula is C69H65BN2OS. The molecule has 0 spiro atoms. The molecule has 0 N–H and O–H groups in total. The van der Waals surface area contributed by atoms with Gasteiger partial charge in [0, 0.05) is 64.9 Å². The third kappa shape index (κ3) is 6.44. The summed E-state index contributed by atoms with van der Waals surface area (Å²) in [5.41, 5.74) is 25.3. The van der Waals surface area contributed by atoms with Crippen molar-refractivity contribution in [3.63, 3.8) is 0 Å². The molecule has 0 fully saturated rings. The van der Waals surface area contributed by atoms with Crippen LogP contribution in [0.3, 0.4) is 0 Å². The van der Waals surface area contributed by atoms with E-state index in [-0.39, 0.29) is 33.9 Å². The third-order valence-electron chi connectivity index (χ3n) is 18.0. The summed E-state index contributed by atoms with van der Waals surface area (Å²) in [6.45, 7) is 28.5.